The molecule has 2 heteroatoms. The summed E-state index contributed by atoms with van der Waals surface area (Å²) in [4.78, 5) is 4.76. The third-order valence-corrected chi connectivity index (χ3v) is 0.781. The normalized spacial score (nSPS) is 9.25. The fourth-order valence-corrected chi connectivity index (χ4v) is 0.399. The molecule has 2 radical (unpaired) electrons. The lowest BCUT2D eigenvalue weighted by Gasteiger charge is -2.03. The molecule has 44 valence electrons. The van der Waals surface area contributed by atoms with Crippen molar-refractivity contribution in [2.24, 2.45) is 0 Å². The second-order valence-electron chi connectivity index (χ2n) is 1.72. The first kappa shape index (κ1) is 7.45. The third kappa shape index (κ3) is 5.45. The van der Waals surface area contributed by atoms with Crippen LogP contribution in [-0.4, -0.2) is 25.0 Å². The van der Waals surface area contributed by atoms with Crippen LogP contribution in [0.5, 0.6) is 0 Å². The first-order chi connectivity index (χ1) is 3.77. The average Bonchev–Trinajstić information content (AvgIpc) is 1.66. The first-order valence-corrected chi connectivity index (χ1v) is 2.56. The first-order valence-electron chi connectivity index (χ1n) is 2.56. The summed E-state index contributed by atoms with van der Waals surface area (Å²) in [5, 5.41) is 0. The Bertz CT molecular complexity index is 81.0. The van der Waals surface area contributed by atoms with Crippen LogP contribution in [0.15, 0.2) is 0 Å². The van der Waals surface area contributed by atoms with Crippen LogP contribution in [0.1, 0.15) is 6.42 Å². The van der Waals surface area contributed by atoms with Crippen LogP contribution >= 0.6 is 0 Å². The minimum Gasteiger partial charge on any atom is -0.317 e. The van der Waals surface area contributed by atoms with Gasteiger partial charge >= 0.3 is 0 Å². The van der Waals surface area contributed by atoms with Crippen molar-refractivity contribution in [3.8, 4) is 0 Å². The molecule has 0 rings (SSSR count). The van der Waals surface area contributed by atoms with Crippen molar-refractivity contribution in [1.29, 1.82) is 0 Å². The van der Waals surface area contributed by atoms with Crippen LogP contribution in [0, 0.1) is 13.6 Å². The topological polar surface area (TPSA) is 7.60 Å². The smallest absolute Gasteiger partial charge is 0.215 e. The molecule has 2 nitrogen and oxygen atoms in total. The molecular weight excluding hydrogens is 100 g/mol. The Morgan fingerprint density at radius 2 is 2.38 bits per heavy atom. The van der Waals surface area contributed by atoms with Crippen molar-refractivity contribution >= 4 is 0 Å². The molecule has 0 unspecified atom stereocenters. The quantitative estimate of drug-likeness (QED) is 0.297. The highest BCUT2D eigenvalue weighted by Crippen LogP contribution is 1.83. The van der Waals surface area contributed by atoms with Gasteiger partial charge in [-0.15, -0.1) is 0 Å². The zero-order chi connectivity index (χ0) is 6.41. The van der Waals surface area contributed by atoms with Gasteiger partial charge in [0.1, 0.15) is 0 Å². The molecule has 0 aromatic rings. The summed E-state index contributed by atoms with van der Waals surface area (Å²) in [6, 6.07) is 0. The monoisotopic (exact) mass is 110 g/mol. The summed E-state index contributed by atoms with van der Waals surface area (Å²) in [6.45, 7) is 7.81. The van der Waals surface area contributed by atoms with Crippen LogP contribution in [0.2, 0.25) is 0 Å². The van der Waals surface area contributed by atoms with E-state index in [1.165, 1.54) is 0 Å². The van der Waals surface area contributed by atoms with Crippen LogP contribution in [-0.2, 0) is 0 Å². The van der Waals surface area contributed by atoms with Gasteiger partial charge in [0, 0.05) is 20.0 Å². The summed E-state index contributed by atoms with van der Waals surface area (Å²) >= 11 is 0. The van der Waals surface area contributed by atoms with Gasteiger partial charge in [0.2, 0.25) is 6.54 Å². The number of hydrogen-bond acceptors (Lipinski definition) is 1. The van der Waals surface area contributed by atoms with Gasteiger partial charge in [0.25, 0.3) is 0 Å². The SMILES string of the molecule is [C-]#[N+]CCCN([CH])C. The molecule has 0 amide bonds. The van der Waals surface area contributed by atoms with E-state index in [1.54, 1.807) is 11.9 Å². The van der Waals surface area contributed by atoms with Crippen molar-refractivity contribution in [2.75, 3.05) is 20.1 Å². The molecule has 0 saturated carbocycles. The maximum atomic E-state index is 6.41. The molecule has 0 fully saturated rings. The minimum atomic E-state index is 0.585. The Morgan fingerprint density at radius 1 is 1.75 bits per heavy atom. The van der Waals surface area contributed by atoms with Crippen LogP contribution in [0.4, 0.5) is 0 Å². The second kappa shape index (κ2) is 4.61. The minimum absolute atomic E-state index is 0.585. The lowest BCUT2D eigenvalue weighted by atomic mass is 10.4. The maximum absolute atomic E-state index is 6.41. The van der Waals surface area contributed by atoms with Crippen molar-refractivity contribution in [3.63, 3.8) is 0 Å². The summed E-state index contributed by atoms with van der Waals surface area (Å²) in [7, 11) is 7.06. The third-order valence-electron chi connectivity index (χ3n) is 0.781. The molecule has 0 aliphatic carbocycles. The Morgan fingerprint density at radius 3 is 2.75 bits per heavy atom. The second-order valence-corrected chi connectivity index (χ2v) is 1.72. The van der Waals surface area contributed by atoms with Crippen molar-refractivity contribution < 1.29 is 0 Å². The van der Waals surface area contributed by atoms with Gasteiger partial charge < -0.3 is 4.85 Å². The van der Waals surface area contributed by atoms with Crippen molar-refractivity contribution in [1.82, 2.24) is 4.90 Å². The Hall–Kier alpha value is -0.550. The lowest BCUT2D eigenvalue weighted by Crippen LogP contribution is -2.10. The average molecular weight is 110 g/mol. The van der Waals surface area contributed by atoms with E-state index in [4.69, 9.17) is 13.6 Å². The van der Waals surface area contributed by atoms with E-state index in [9.17, 15) is 0 Å². The van der Waals surface area contributed by atoms with Gasteiger partial charge in [-0.05, 0) is 7.05 Å². The van der Waals surface area contributed by atoms with E-state index in [0.717, 1.165) is 13.0 Å². The predicted molar refractivity (Wildman–Crippen MR) is 33.0 cm³/mol. The van der Waals surface area contributed by atoms with E-state index >= 15 is 0 Å². The standard InChI is InChI=1S/C6H10N2/c1-7-5-4-6-8(2)3/h2H,4-6H2,3H3. The fourth-order valence-electron chi connectivity index (χ4n) is 0.399. The largest absolute Gasteiger partial charge is 0.317 e. The fraction of sp³-hybridized carbons (Fsp3) is 0.667. The molecule has 0 aromatic carbocycles. The van der Waals surface area contributed by atoms with E-state index in [2.05, 4.69) is 4.85 Å². The highest BCUT2D eigenvalue weighted by atomic mass is 15.0. The van der Waals surface area contributed by atoms with Crippen molar-refractivity contribution in [2.45, 2.75) is 6.42 Å². The molecule has 0 heterocycles. The zero-order valence-corrected chi connectivity index (χ0v) is 5.09. The van der Waals surface area contributed by atoms with Crippen molar-refractivity contribution in [3.05, 3.63) is 18.5 Å². The van der Waals surface area contributed by atoms with E-state index < -0.39 is 0 Å². The molecule has 8 heavy (non-hydrogen) atoms. The molecule has 0 aliphatic rings. The molecule has 0 saturated heterocycles. The Kier molecular flexibility index (Phi) is 4.29. The summed E-state index contributed by atoms with van der Waals surface area (Å²) in [5.41, 5.74) is 0. The van der Waals surface area contributed by atoms with Gasteiger partial charge in [-0.25, -0.2) is 6.57 Å². The van der Waals surface area contributed by atoms with Gasteiger partial charge in [0.15, 0.2) is 0 Å². The molecule has 0 spiro atoms. The highest BCUT2D eigenvalue weighted by molar-refractivity contribution is 4.59. The number of rotatable bonds is 3. The summed E-state index contributed by atoms with van der Waals surface area (Å²) in [6.07, 6.45) is 0.872. The zero-order valence-electron chi connectivity index (χ0n) is 5.09. The molecular formula is C6H10N2. The van der Waals surface area contributed by atoms with Gasteiger partial charge in [-0.3, -0.25) is 4.90 Å². The molecule has 0 atom stereocenters. The molecule has 0 bridgehead atoms. The number of nitrogens with zero attached hydrogens (tertiary/aromatic N) is 2. The summed E-state index contributed by atoms with van der Waals surface area (Å²) in [5.74, 6) is 0. The lowest BCUT2D eigenvalue weighted by molar-refractivity contribution is 0.446. The Balaban J connectivity index is 2.85. The maximum Gasteiger partial charge on any atom is 0.215 e. The summed E-state index contributed by atoms with van der Waals surface area (Å²) < 4.78 is 0. The van der Waals surface area contributed by atoms with E-state index in [1.807, 2.05) is 0 Å². The van der Waals surface area contributed by atoms with Gasteiger partial charge in [-0.2, -0.15) is 0 Å². The molecule has 0 N–H and O–H groups in total. The van der Waals surface area contributed by atoms with Gasteiger partial charge in [0.05, 0.1) is 0 Å². The predicted octanol–water partition coefficient (Wildman–Crippen LogP) is 0.896. The molecule has 0 aliphatic heterocycles. The molecule has 0 aromatic heterocycles. The van der Waals surface area contributed by atoms with Crippen LogP contribution < -0.4 is 0 Å². The number of hydrogen-bond donors (Lipinski definition) is 0. The van der Waals surface area contributed by atoms with Gasteiger partial charge in [-0.1, -0.05) is 0 Å². The van der Waals surface area contributed by atoms with Crippen LogP contribution in [0.25, 0.3) is 4.85 Å². The van der Waals surface area contributed by atoms with Crippen LogP contribution in [0.3, 0.4) is 0 Å². The highest BCUT2D eigenvalue weighted by Gasteiger charge is 1.89. The van der Waals surface area contributed by atoms with E-state index in [0.29, 0.717) is 6.54 Å². The van der Waals surface area contributed by atoms with E-state index in [-0.39, 0.29) is 0 Å². The Labute approximate surface area is 50.9 Å².